The Morgan fingerprint density at radius 1 is 1.44 bits per heavy atom. The maximum absolute atomic E-state index is 5.95. The van der Waals surface area contributed by atoms with Gasteiger partial charge in [-0.1, -0.05) is 24.9 Å². The van der Waals surface area contributed by atoms with Crippen LogP contribution < -0.4 is 5.32 Å². The van der Waals surface area contributed by atoms with Gasteiger partial charge in [-0.05, 0) is 28.4 Å². The van der Waals surface area contributed by atoms with Crippen molar-refractivity contribution in [2.24, 2.45) is 0 Å². The number of rotatable bonds is 4. The molecule has 0 spiro atoms. The Hall–Kier alpha value is -0.650. The molecule has 2 heterocycles. The van der Waals surface area contributed by atoms with Gasteiger partial charge < -0.3 is 5.32 Å². The first-order valence-corrected chi connectivity index (χ1v) is 7.69. The number of nitrogens with zero attached hydrogens (tertiary/aromatic N) is 2. The van der Waals surface area contributed by atoms with Crippen molar-refractivity contribution < 1.29 is 0 Å². The van der Waals surface area contributed by atoms with Crippen LogP contribution in [0.4, 0.5) is 5.82 Å². The van der Waals surface area contributed by atoms with E-state index in [-0.39, 0.29) is 0 Å². The quantitative estimate of drug-likeness (QED) is 0.878. The van der Waals surface area contributed by atoms with Gasteiger partial charge in [-0.15, -0.1) is 11.3 Å². The van der Waals surface area contributed by atoms with Gasteiger partial charge in [-0.3, -0.25) is 0 Å². The van der Waals surface area contributed by atoms with E-state index in [1.807, 2.05) is 18.5 Å². The fourth-order valence-corrected chi connectivity index (χ4v) is 3.18. The van der Waals surface area contributed by atoms with E-state index in [0.717, 1.165) is 44.6 Å². The minimum Gasteiger partial charge on any atom is -0.372 e. The Bertz CT molecular complexity index is 556. The van der Waals surface area contributed by atoms with Crippen molar-refractivity contribution in [3.63, 3.8) is 0 Å². The van der Waals surface area contributed by atoms with Gasteiger partial charge in [-0.25, -0.2) is 9.97 Å². The van der Waals surface area contributed by atoms with Gasteiger partial charge in [0, 0.05) is 12.4 Å². The fraction of sp³-hybridized carbons (Fsp3) is 0.333. The normalized spacial score (nSPS) is 10.7. The molecule has 0 aromatic carbocycles. The van der Waals surface area contributed by atoms with Gasteiger partial charge in [0.1, 0.15) is 5.82 Å². The van der Waals surface area contributed by atoms with Crippen LogP contribution >= 0.6 is 38.9 Å². The van der Waals surface area contributed by atoms with Gasteiger partial charge in [0.05, 0.1) is 20.1 Å². The Morgan fingerprint density at radius 3 is 2.78 bits per heavy atom. The molecule has 3 nitrogen and oxygen atoms in total. The summed E-state index contributed by atoms with van der Waals surface area (Å²) >= 11 is 11.0. The highest BCUT2D eigenvalue weighted by atomic mass is 79.9. The average Bonchev–Trinajstić information content (AvgIpc) is 2.79. The van der Waals surface area contributed by atoms with Crippen LogP contribution in [0.5, 0.6) is 0 Å². The van der Waals surface area contributed by atoms with Crippen molar-refractivity contribution >= 4 is 44.7 Å². The summed E-state index contributed by atoms with van der Waals surface area (Å²) in [5.74, 6) is 1.54. The first-order valence-electron chi connectivity index (χ1n) is 5.64. The van der Waals surface area contributed by atoms with Crippen molar-refractivity contribution in [1.29, 1.82) is 0 Å². The maximum Gasteiger partial charge on any atom is 0.171 e. The molecule has 18 heavy (non-hydrogen) atoms. The van der Waals surface area contributed by atoms with Crippen molar-refractivity contribution in [2.45, 2.75) is 19.8 Å². The molecule has 96 valence electrons. The standard InChI is InChI=1S/C12H13BrClN3S/c1-3-4-8-10(13)12(15-2)17-11(16-8)9-5-7(14)6-18-9/h5-6H,3-4H2,1-2H3,(H,15,16,17). The lowest BCUT2D eigenvalue weighted by molar-refractivity contribution is 0.869. The van der Waals surface area contributed by atoms with E-state index in [1.165, 1.54) is 0 Å². The maximum atomic E-state index is 5.95. The summed E-state index contributed by atoms with van der Waals surface area (Å²) < 4.78 is 0.943. The monoisotopic (exact) mass is 345 g/mol. The number of hydrogen-bond acceptors (Lipinski definition) is 4. The lowest BCUT2D eigenvalue weighted by atomic mass is 10.2. The van der Waals surface area contributed by atoms with E-state index >= 15 is 0 Å². The lowest BCUT2D eigenvalue weighted by Gasteiger charge is -2.09. The largest absolute Gasteiger partial charge is 0.372 e. The highest BCUT2D eigenvalue weighted by molar-refractivity contribution is 9.10. The van der Waals surface area contributed by atoms with Gasteiger partial charge in [0.25, 0.3) is 0 Å². The first-order chi connectivity index (χ1) is 8.65. The Balaban J connectivity index is 2.51. The summed E-state index contributed by atoms with van der Waals surface area (Å²) in [7, 11) is 1.86. The predicted octanol–water partition coefficient (Wildman–Crippen LogP) is 4.62. The molecule has 0 amide bonds. The molecule has 0 aliphatic heterocycles. The highest BCUT2D eigenvalue weighted by Crippen LogP contribution is 2.31. The van der Waals surface area contributed by atoms with Crippen molar-refractivity contribution in [2.75, 3.05) is 12.4 Å². The molecular formula is C12H13BrClN3S. The topological polar surface area (TPSA) is 37.8 Å². The zero-order valence-corrected chi connectivity index (χ0v) is 13.3. The Kier molecular flexibility index (Phi) is 4.59. The van der Waals surface area contributed by atoms with E-state index in [4.69, 9.17) is 11.6 Å². The summed E-state index contributed by atoms with van der Waals surface area (Å²) in [5, 5.41) is 5.70. The third kappa shape index (κ3) is 2.84. The molecule has 0 atom stereocenters. The molecule has 0 radical (unpaired) electrons. The Labute approximate surface area is 124 Å². The van der Waals surface area contributed by atoms with Crippen LogP contribution in [0.25, 0.3) is 10.7 Å². The number of hydrogen-bond donors (Lipinski definition) is 1. The lowest BCUT2D eigenvalue weighted by Crippen LogP contribution is -2.02. The first kappa shape index (κ1) is 13.8. The number of aryl methyl sites for hydroxylation is 1. The molecule has 0 saturated carbocycles. The summed E-state index contributed by atoms with van der Waals surface area (Å²) in [5.41, 5.74) is 1.02. The second-order valence-corrected chi connectivity index (χ2v) is 5.93. The van der Waals surface area contributed by atoms with Crippen LogP contribution in [-0.2, 0) is 6.42 Å². The molecule has 6 heteroatoms. The molecule has 0 unspecified atom stereocenters. The summed E-state index contributed by atoms with van der Waals surface area (Å²) in [6, 6.07) is 1.89. The summed E-state index contributed by atoms with van der Waals surface area (Å²) in [6.45, 7) is 2.13. The second-order valence-electron chi connectivity index (χ2n) is 3.79. The van der Waals surface area contributed by atoms with E-state index in [9.17, 15) is 0 Å². The summed E-state index contributed by atoms with van der Waals surface area (Å²) in [4.78, 5) is 10.1. The number of halogens is 2. The number of nitrogens with one attached hydrogen (secondary N) is 1. The van der Waals surface area contributed by atoms with Crippen LogP contribution in [0, 0.1) is 0 Å². The highest BCUT2D eigenvalue weighted by Gasteiger charge is 2.13. The van der Waals surface area contributed by atoms with Gasteiger partial charge in [-0.2, -0.15) is 0 Å². The van der Waals surface area contributed by atoms with Gasteiger partial charge >= 0.3 is 0 Å². The third-order valence-electron chi connectivity index (χ3n) is 2.43. The number of anilines is 1. The van der Waals surface area contributed by atoms with Crippen LogP contribution in [0.3, 0.4) is 0 Å². The van der Waals surface area contributed by atoms with Crippen LogP contribution in [0.15, 0.2) is 15.9 Å². The van der Waals surface area contributed by atoms with Crippen molar-refractivity contribution in [1.82, 2.24) is 9.97 Å². The zero-order chi connectivity index (χ0) is 13.1. The number of thiophene rings is 1. The molecule has 0 aliphatic carbocycles. The molecule has 0 aliphatic rings. The zero-order valence-electron chi connectivity index (χ0n) is 10.1. The Morgan fingerprint density at radius 2 is 2.22 bits per heavy atom. The molecule has 2 rings (SSSR count). The smallest absolute Gasteiger partial charge is 0.171 e. The molecular weight excluding hydrogens is 334 g/mol. The predicted molar refractivity (Wildman–Crippen MR) is 81.6 cm³/mol. The van der Waals surface area contributed by atoms with Crippen LogP contribution in [-0.4, -0.2) is 17.0 Å². The average molecular weight is 347 g/mol. The minimum absolute atomic E-state index is 0.725. The summed E-state index contributed by atoms with van der Waals surface area (Å²) in [6.07, 6.45) is 1.97. The molecule has 2 aromatic heterocycles. The molecule has 0 bridgehead atoms. The fourth-order valence-electron chi connectivity index (χ4n) is 1.60. The minimum atomic E-state index is 0.725. The van der Waals surface area contributed by atoms with Crippen LogP contribution in [0.2, 0.25) is 5.02 Å². The molecule has 1 N–H and O–H groups in total. The van der Waals surface area contributed by atoms with Crippen LogP contribution in [0.1, 0.15) is 19.0 Å². The van der Waals surface area contributed by atoms with E-state index in [1.54, 1.807) is 11.3 Å². The third-order valence-corrected chi connectivity index (χ3v) is 4.54. The van der Waals surface area contributed by atoms with E-state index < -0.39 is 0 Å². The molecule has 2 aromatic rings. The van der Waals surface area contributed by atoms with E-state index in [2.05, 4.69) is 38.1 Å². The molecule has 0 saturated heterocycles. The number of aromatic nitrogens is 2. The molecule has 0 fully saturated rings. The SMILES string of the molecule is CCCc1nc(-c2cc(Cl)cs2)nc(NC)c1Br. The van der Waals surface area contributed by atoms with Crippen molar-refractivity contribution in [3.8, 4) is 10.7 Å². The van der Waals surface area contributed by atoms with E-state index in [0.29, 0.717) is 0 Å². The van der Waals surface area contributed by atoms with Crippen molar-refractivity contribution in [3.05, 3.63) is 26.6 Å². The van der Waals surface area contributed by atoms with Gasteiger partial charge in [0.2, 0.25) is 0 Å². The van der Waals surface area contributed by atoms with Gasteiger partial charge in [0.15, 0.2) is 5.82 Å². The second kappa shape index (κ2) is 5.99.